The van der Waals surface area contributed by atoms with Crippen LogP contribution in [0.25, 0.3) is 0 Å². The zero-order chi connectivity index (χ0) is 19.8. The number of aromatic nitrogens is 3. The summed E-state index contributed by atoms with van der Waals surface area (Å²) in [5.74, 6) is 0.00360. The van der Waals surface area contributed by atoms with Gasteiger partial charge in [0.15, 0.2) is 0 Å². The number of hydrogen-bond donors (Lipinski definition) is 3. The molecular weight excluding hydrogens is 372 g/mol. The number of aromatic amines is 1. The van der Waals surface area contributed by atoms with Gasteiger partial charge in [0.05, 0.1) is 21.1 Å². The van der Waals surface area contributed by atoms with Crippen molar-refractivity contribution in [1.29, 1.82) is 4.78 Å². The van der Waals surface area contributed by atoms with Crippen LogP contribution >= 0.6 is 0 Å². The van der Waals surface area contributed by atoms with Gasteiger partial charge in [0.25, 0.3) is 0 Å². The van der Waals surface area contributed by atoms with Crippen LogP contribution in [-0.2, 0) is 9.73 Å². The molecule has 0 aliphatic carbocycles. The second-order valence-corrected chi connectivity index (χ2v) is 8.37. The van der Waals surface area contributed by atoms with Gasteiger partial charge in [-0.15, -0.1) is 0 Å². The molecule has 2 aromatic heterocycles. The molecule has 0 saturated heterocycles. The minimum Gasteiger partial charge on any atom is -0.356 e. The summed E-state index contributed by atoms with van der Waals surface area (Å²) in [5.41, 5.74) is 1.36. The molecule has 27 heavy (non-hydrogen) atoms. The standard InChI is InChI=1S/C18H19F2N5OS/c1-10-14(20)8-9-15(22-10)24-16(12-4-6-13(19)7-5-12)17-23-11(2)18(25-17)27(3,21)26/h4-9,16,21H,1-3H3,(H,22,24)(H,23,25). The third kappa shape index (κ3) is 4.13. The topological polar surface area (TPSA) is 94.5 Å². The Morgan fingerprint density at radius 2 is 1.74 bits per heavy atom. The third-order valence-corrected chi connectivity index (χ3v) is 5.21. The highest BCUT2D eigenvalue weighted by molar-refractivity contribution is 7.91. The summed E-state index contributed by atoms with van der Waals surface area (Å²) in [5, 5.41) is 3.37. The summed E-state index contributed by atoms with van der Waals surface area (Å²) in [6.07, 6.45) is 1.31. The highest BCUT2D eigenvalue weighted by Crippen LogP contribution is 2.27. The normalized spacial score (nSPS) is 14.6. The maximum absolute atomic E-state index is 13.5. The van der Waals surface area contributed by atoms with Gasteiger partial charge in [-0.3, -0.25) is 0 Å². The summed E-state index contributed by atoms with van der Waals surface area (Å²) < 4.78 is 46.8. The number of benzene rings is 1. The molecule has 0 bridgehead atoms. The number of aryl methyl sites for hydroxylation is 2. The number of H-pyrrole nitrogens is 1. The van der Waals surface area contributed by atoms with E-state index in [0.717, 1.165) is 0 Å². The van der Waals surface area contributed by atoms with Gasteiger partial charge in [-0.1, -0.05) is 12.1 Å². The first kappa shape index (κ1) is 19.0. The van der Waals surface area contributed by atoms with Crippen molar-refractivity contribution in [1.82, 2.24) is 15.0 Å². The summed E-state index contributed by atoms with van der Waals surface area (Å²) in [4.78, 5) is 11.5. The molecule has 0 saturated carbocycles. The SMILES string of the molecule is Cc1nc(NC(c2ccc(F)cc2)c2nc(C)c(S(C)(=N)=O)[nH]2)ccc1F. The van der Waals surface area contributed by atoms with E-state index in [1.54, 1.807) is 26.0 Å². The monoisotopic (exact) mass is 391 g/mol. The maximum Gasteiger partial charge on any atom is 0.144 e. The first-order valence-electron chi connectivity index (χ1n) is 8.10. The van der Waals surface area contributed by atoms with Crippen molar-refractivity contribution in [3.63, 3.8) is 0 Å². The Balaban J connectivity index is 2.07. The lowest BCUT2D eigenvalue weighted by molar-refractivity contribution is 0.609. The number of halogens is 2. The van der Waals surface area contributed by atoms with E-state index in [-0.39, 0.29) is 16.5 Å². The fraction of sp³-hybridized carbons (Fsp3) is 0.222. The molecule has 0 spiro atoms. The summed E-state index contributed by atoms with van der Waals surface area (Å²) in [6, 6.07) is 8.01. The van der Waals surface area contributed by atoms with E-state index in [1.807, 2.05) is 0 Å². The molecule has 142 valence electrons. The van der Waals surface area contributed by atoms with Crippen molar-refractivity contribution in [2.75, 3.05) is 11.6 Å². The molecule has 0 aliphatic rings. The van der Waals surface area contributed by atoms with Crippen LogP contribution < -0.4 is 5.32 Å². The Morgan fingerprint density at radius 3 is 2.30 bits per heavy atom. The zero-order valence-corrected chi connectivity index (χ0v) is 15.8. The quantitative estimate of drug-likeness (QED) is 0.614. The van der Waals surface area contributed by atoms with Crippen molar-refractivity contribution < 1.29 is 13.0 Å². The highest BCUT2D eigenvalue weighted by Gasteiger charge is 2.22. The predicted octanol–water partition coefficient (Wildman–Crippen LogP) is 3.94. The Morgan fingerprint density at radius 1 is 1.07 bits per heavy atom. The third-order valence-electron chi connectivity index (χ3n) is 4.04. The van der Waals surface area contributed by atoms with E-state index in [4.69, 9.17) is 4.78 Å². The number of hydrogen-bond acceptors (Lipinski definition) is 5. The minimum absolute atomic E-state index is 0.231. The van der Waals surface area contributed by atoms with Crippen LogP contribution in [0.2, 0.25) is 0 Å². The van der Waals surface area contributed by atoms with Crippen LogP contribution in [-0.4, -0.2) is 25.4 Å². The Hall–Kier alpha value is -2.81. The largest absolute Gasteiger partial charge is 0.356 e. The Bertz CT molecular complexity index is 1080. The fourth-order valence-corrected chi connectivity index (χ4v) is 3.63. The zero-order valence-electron chi connectivity index (χ0n) is 15.0. The van der Waals surface area contributed by atoms with Gasteiger partial charge in [-0.2, -0.15) is 0 Å². The molecule has 1 aromatic carbocycles. The first-order chi connectivity index (χ1) is 12.6. The molecule has 9 heteroatoms. The average molecular weight is 391 g/mol. The summed E-state index contributed by atoms with van der Waals surface area (Å²) in [7, 11) is -2.99. The Labute approximate surface area is 156 Å². The summed E-state index contributed by atoms with van der Waals surface area (Å²) in [6.45, 7) is 3.21. The van der Waals surface area contributed by atoms with E-state index in [2.05, 4.69) is 20.3 Å². The number of anilines is 1. The van der Waals surface area contributed by atoms with E-state index in [0.29, 0.717) is 22.9 Å². The van der Waals surface area contributed by atoms with E-state index < -0.39 is 21.6 Å². The molecule has 2 unspecified atom stereocenters. The fourth-order valence-electron chi connectivity index (χ4n) is 2.72. The van der Waals surface area contributed by atoms with Gasteiger partial charge in [0.1, 0.15) is 34.3 Å². The van der Waals surface area contributed by atoms with Crippen molar-refractivity contribution in [3.05, 3.63) is 70.8 Å². The van der Waals surface area contributed by atoms with Crippen molar-refractivity contribution in [2.45, 2.75) is 24.9 Å². The van der Waals surface area contributed by atoms with Crippen LogP contribution in [0.15, 0.2) is 41.4 Å². The molecular formula is C18H19F2N5OS. The van der Waals surface area contributed by atoms with Crippen LogP contribution in [0.4, 0.5) is 14.6 Å². The maximum atomic E-state index is 13.5. The van der Waals surface area contributed by atoms with E-state index >= 15 is 0 Å². The number of pyridine rings is 1. The number of rotatable bonds is 5. The van der Waals surface area contributed by atoms with Crippen LogP contribution in [0.5, 0.6) is 0 Å². The molecule has 0 aliphatic heterocycles. The Kier molecular flexibility index (Phi) is 4.97. The van der Waals surface area contributed by atoms with Gasteiger partial charge in [0, 0.05) is 6.26 Å². The molecule has 3 N–H and O–H groups in total. The molecule has 2 heterocycles. The molecule has 3 rings (SSSR count). The second kappa shape index (κ2) is 7.07. The van der Waals surface area contributed by atoms with Gasteiger partial charge in [0.2, 0.25) is 0 Å². The lowest BCUT2D eigenvalue weighted by Gasteiger charge is -2.18. The molecule has 6 nitrogen and oxygen atoms in total. The molecule has 0 radical (unpaired) electrons. The van der Waals surface area contributed by atoms with Gasteiger partial charge < -0.3 is 10.3 Å². The van der Waals surface area contributed by atoms with Crippen LogP contribution in [0, 0.1) is 30.3 Å². The lowest BCUT2D eigenvalue weighted by Crippen LogP contribution is -2.15. The van der Waals surface area contributed by atoms with Crippen LogP contribution in [0.3, 0.4) is 0 Å². The number of imidazole rings is 1. The summed E-state index contributed by atoms with van der Waals surface area (Å²) >= 11 is 0. The van der Waals surface area contributed by atoms with Gasteiger partial charge in [-0.05, 0) is 43.7 Å². The molecule has 0 fully saturated rings. The molecule has 0 amide bonds. The van der Waals surface area contributed by atoms with Gasteiger partial charge in [-0.25, -0.2) is 27.7 Å². The van der Waals surface area contributed by atoms with Gasteiger partial charge >= 0.3 is 0 Å². The lowest BCUT2D eigenvalue weighted by atomic mass is 10.1. The highest BCUT2D eigenvalue weighted by atomic mass is 32.2. The molecule has 2 atom stereocenters. The molecule has 3 aromatic rings. The number of nitrogens with one attached hydrogen (secondary N) is 3. The minimum atomic E-state index is -2.99. The van der Waals surface area contributed by atoms with E-state index in [9.17, 15) is 13.0 Å². The first-order valence-corrected chi connectivity index (χ1v) is 10.1. The predicted molar refractivity (Wildman–Crippen MR) is 99.2 cm³/mol. The second-order valence-electron chi connectivity index (χ2n) is 6.27. The van der Waals surface area contributed by atoms with Crippen molar-refractivity contribution in [2.24, 2.45) is 0 Å². The van der Waals surface area contributed by atoms with E-state index in [1.165, 1.54) is 30.5 Å². The van der Waals surface area contributed by atoms with Crippen molar-refractivity contribution in [3.8, 4) is 0 Å². The average Bonchev–Trinajstić information content (AvgIpc) is 2.99. The van der Waals surface area contributed by atoms with Crippen molar-refractivity contribution >= 4 is 15.5 Å². The van der Waals surface area contributed by atoms with Crippen LogP contribution in [0.1, 0.15) is 28.8 Å². The number of nitrogens with zero attached hydrogens (tertiary/aromatic N) is 2. The smallest absolute Gasteiger partial charge is 0.144 e.